The minimum Gasteiger partial charge on any atom is -0.394 e. The van der Waals surface area contributed by atoms with Gasteiger partial charge < -0.3 is 20.3 Å². The van der Waals surface area contributed by atoms with Crippen LogP contribution in [0.3, 0.4) is 0 Å². The predicted octanol–water partition coefficient (Wildman–Crippen LogP) is 11.8. The number of aliphatic hydroxyl groups is 1. The molecular weight excluding hydrogens is 542 g/mol. The third-order valence-corrected chi connectivity index (χ3v) is 8.69. The van der Waals surface area contributed by atoms with Crippen molar-refractivity contribution in [1.82, 2.24) is 0 Å². The molecule has 0 aromatic heterocycles. The highest BCUT2D eigenvalue weighted by molar-refractivity contribution is 4.83. The molecule has 0 heterocycles. The summed E-state index contributed by atoms with van der Waals surface area (Å²) in [5.41, 5.74) is 5.54. The van der Waals surface area contributed by atoms with Crippen LogP contribution in [0.5, 0.6) is 0 Å². The molecule has 0 fully saturated rings. The summed E-state index contributed by atoms with van der Waals surface area (Å²) >= 11 is 0. The topological polar surface area (TPSA) is 64.7 Å². The molecule has 0 spiro atoms. The first-order valence-electron chi connectivity index (χ1n) is 19.5. The zero-order chi connectivity index (χ0) is 32.1. The fourth-order valence-corrected chi connectivity index (χ4v) is 5.59. The van der Waals surface area contributed by atoms with Crippen molar-refractivity contribution in [2.45, 2.75) is 199 Å². The van der Waals surface area contributed by atoms with Crippen LogP contribution >= 0.6 is 0 Å². The number of aliphatic hydroxyl groups excluding tert-OH is 1. The lowest BCUT2D eigenvalue weighted by molar-refractivity contribution is -0.00366. The molecule has 0 aromatic carbocycles. The van der Waals surface area contributed by atoms with Gasteiger partial charge in [0, 0.05) is 13.2 Å². The van der Waals surface area contributed by atoms with E-state index < -0.39 is 5.54 Å². The molecule has 0 atom stereocenters. The number of hydrogen-bond acceptors (Lipinski definition) is 4. The molecular formula is C40H79NO3. The van der Waals surface area contributed by atoms with Crippen molar-refractivity contribution < 1.29 is 14.6 Å². The summed E-state index contributed by atoms with van der Waals surface area (Å²) < 4.78 is 11.6. The second-order valence-corrected chi connectivity index (χ2v) is 13.5. The molecule has 44 heavy (non-hydrogen) atoms. The molecule has 0 bridgehead atoms. The van der Waals surface area contributed by atoms with Gasteiger partial charge in [-0.15, -0.1) is 0 Å². The van der Waals surface area contributed by atoms with Gasteiger partial charge in [0.1, 0.15) is 0 Å². The summed E-state index contributed by atoms with van der Waals surface area (Å²) in [4.78, 5) is 0. The summed E-state index contributed by atoms with van der Waals surface area (Å²) in [6.45, 7) is 6.61. The van der Waals surface area contributed by atoms with Gasteiger partial charge in [0.25, 0.3) is 0 Å². The second kappa shape index (κ2) is 36.8. The molecule has 0 aliphatic rings. The fourth-order valence-electron chi connectivity index (χ4n) is 5.59. The summed E-state index contributed by atoms with van der Waals surface area (Å²) in [7, 11) is 0. The van der Waals surface area contributed by atoms with Gasteiger partial charge in [-0.05, 0) is 64.2 Å². The average molecular weight is 622 g/mol. The van der Waals surface area contributed by atoms with E-state index in [0.29, 0.717) is 13.2 Å². The minimum absolute atomic E-state index is 0.103. The molecule has 0 saturated heterocycles. The first kappa shape index (κ1) is 43.3. The Labute approximate surface area is 276 Å². The molecule has 0 amide bonds. The monoisotopic (exact) mass is 622 g/mol. The van der Waals surface area contributed by atoms with Crippen LogP contribution in [-0.4, -0.2) is 43.7 Å². The lowest BCUT2D eigenvalue weighted by Crippen LogP contribution is -2.52. The highest BCUT2D eigenvalue weighted by Gasteiger charge is 2.24. The Morgan fingerprint density at radius 2 is 0.705 bits per heavy atom. The Bertz CT molecular complexity index is 545. The van der Waals surface area contributed by atoms with Gasteiger partial charge in [-0.2, -0.15) is 0 Å². The van der Waals surface area contributed by atoms with E-state index in [1.807, 2.05) is 0 Å². The first-order valence-corrected chi connectivity index (χ1v) is 19.5. The first-order chi connectivity index (χ1) is 21.7. The summed E-state index contributed by atoms with van der Waals surface area (Å²) in [6.07, 6.45) is 46.2. The Morgan fingerprint density at radius 1 is 0.432 bits per heavy atom. The Hall–Kier alpha value is -0.680. The quantitative estimate of drug-likeness (QED) is 0.0535. The van der Waals surface area contributed by atoms with Crippen LogP contribution in [0.15, 0.2) is 24.3 Å². The third-order valence-electron chi connectivity index (χ3n) is 8.69. The number of hydrogen-bond donors (Lipinski definition) is 2. The van der Waals surface area contributed by atoms with Crippen molar-refractivity contribution in [3.63, 3.8) is 0 Å². The lowest BCUT2D eigenvalue weighted by Gasteiger charge is -2.26. The van der Waals surface area contributed by atoms with Gasteiger partial charge in [0.05, 0.1) is 25.4 Å². The number of nitrogens with two attached hydrogens (primary N) is 1. The highest BCUT2D eigenvalue weighted by Crippen LogP contribution is 2.12. The molecule has 0 aliphatic heterocycles. The van der Waals surface area contributed by atoms with Gasteiger partial charge in [0.2, 0.25) is 0 Å². The Balaban J connectivity index is 3.44. The van der Waals surface area contributed by atoms with Gasteiger partial charge >= 0.3 is 0 Å². The van der Waals surface area contributed by atoms with Crippen molar-refractivity contribution in [2.24, 2.45) is 5.73 Å². The van der Waals surface area contributed by atoms with Crippen LogP contribution in [0.2, 0.25) is 0 Å². The number of ether oxygens (including phenoxy) is 2. The maximum atomic E-state index is 9.78. The van der Waals surface area contributed by atoms with Gasteiger partial charge in [-0.1, -0.05) is 154 Å². The van der Waals surface area contributed by atoms with E-state index in [2.05, 4.69) is 38.2 Å². The largest absolute Gasteiger partial charge is 0.394 e. The normalized spacial score (nSPS) is 12.4. The van der Waals surface area contributed by atoms with Crippen molar-refractivity contribution in [1.29, 1.82) is 0 Å². The van der Waals surface area contributed by atoms with Gasteiger partial charge in [-0.25, -0.2) is 0 Å². The maximum absolute atomic E-state index is 9.78. The van der Waals surface area contributed by atoms with Crippen molar-refractivity contribution >= 4 is 0 Å². The van der Waals surface area contributed by atoms with E-state index in [4.69, 9.17) is 15.2 Å². The van der Waals surface area contributed by atoms with Crippen molar-refractivity contribution in [2.75, 3.05) is 33.0 Å². The molecule has 0 unspecified atom stereocenters. The van der Waals surface area contributed by atoms with Crippen LogP contribution < -0.4 is 5.73 Å². The fraction of sp³-hybridized carbons (Fsp3) is 0.900. The Morgan fingerprint density at radius 3 is 1.00 bits per heavy atom. The highest BCUT2D eigenvalue weighted by atomic mass is 16.5. The van der Waals surface area contributed by atoms with Crippen LogP contribution in [0, 0.1) is 0 Å². The van der Waals surface area contributed by atoms with E-state index >= 15 is 0 Å². The molecule has 0 aliphatic carbocycles. The summed E-state index contributed by atoms with van der Waals surface area (Å²) in [6, 6.07) is 0. The smallest absolute Gasteiger partial charge is 0.0862 e. The molecule has 3 N–H and O–H groups in total. The number of unbranched alkanes of at least 4 members (excludes halogenated alkanes) is 24. The van der Waals surface area contributed by atoms with E-state index in [-0.39, 0.29) is 6.61 Å². The zero-order valence-electron chi connectivity index (χ0n) is 30.0. The van der Waals surface area contributed by atoms with Crippen LogP contribution in [0.1, 0.15) is 194 Å². The molecule has 4 nitrogen and oxygen atoms in total. The minimum atomic E-state index is -0.787. The van der Waals surface area contributed by atoms with Crippen LogP contribution in [-0.2, 0) is 9.47 Å². The predicted molar refractivity (Wildman–Crippen MR) is 195 cm³/mol. The molecule has 0 rings (SSSR count). The molecule has 4 heteroatoms. The van der Waals surface area contributed by atoms with E-state index in [1.54, 1.807) is 0 Å². The SMILES string of the molecule is CCCCCCCC/C=C\CCCCCCCCOCC(N)(CO)COCCCCCCCC/C=C\CCCCCCCC. The molecule has 0 saturated carbocycles. The molecule has 0 aromatic rings. The molecule has 0 radical (unpaired) electrons. The average Bonchev–Trinajstić information content (AvgIpc) is 3.03. The van der Waals surface area contributed by atoms with Gasteiger partial charge in [0.15, 0.2) is 0 Å². The standard InChI is InChI=1S/C40H79NO3/c1-3-5-7-9-11-13-15-17-19-21-23-25-27-29-31-33-35-43-38-40(41,37-42)39-44-36-34-32-30-28-26-24-22-20-18-16-14-12-10-8-6-4-2/h17-20,42H,3-16,21-39,41H2,1-2H3/b19-17-,20-18-. The third kappa shape index (κ3) is 34.2. The van der Waals surface area contributed by atoms with E-state index in [9.17, 15) is 5.11 Å². The van der Waals surface area contributed by atoms with Crippen LogP contribution in [0.25, 0.3) is 0 Å². The van der Waals surface area contributed by atoms with E-state index in [0.717, 1.165) is 26.1 Å². The zero-order valence-corrected chi connectivity index (χ0v) is 30.0. The van der Waals surface area contributed by atoms with Crippen molar-refractivity contribution in [3.05, 3.63) is 24.3 Å². The Kier molecular flexibility index (Phi) is 36.2. The van der Waals surface area contributed by atoms with Crippen LogP contribution in [0.4, 0.5) is 0 Å². The number of rotatable bonds is 37. The van der Waals surface area contributed by atoms with E-state index in [1.165, 1.54) is 167 Å². The van der Waals surface area contributed by atoms with Gasteiger partial charge in [-0.3, -0.25) is 0 Å². The summed E-state index contributed by atoms with van der Waals surface area (Å²) in [5.74, 6) is 0. The molecule has 262 valence electrons. The second-order valence-electron chi connectivity index (χ2n) is 13.5. The van der Waals surface area contributed by atoms with Crippen molar-refractivity contribution in [3.8, 4) is 0 Å². The maximum Gasteiger partial charge on any atom is 0.0862 e. The number of allylic oxidation sites excluding steroid dienone is 4. The lowest BCUT2D eigenvalue weighted by atomic mass is 10.1. The summed E-state index contributed by atoms with van der Waals surface area (Å²) in [5, 5.41) is 9.78.